The van der Waals surface area contributed by atoms with Crippen LogP contribution >= 0.6 is 0 Å². The number of hydrogen-bond acceptors (Lipinski definition) is 7. The van der Waals surface area contributed by atoms with Crippen molar-refractivity contribution in [1.82, 2.24) is 9.97 Å². The van der Waals surface area contributed by atoms with E-state index in [0.29, 0.717) is 35.8 Å². The van der Waals surface area contributed by atoms with Crippen molar-refractivity contribution in [2.75, 3.05) is 38.0 Å². The third-order valence-electron chi connectivity index (χ3n) is 5.94. The number of anilines is 2. The number of hydrogen-bond donors (Lipinski definition) is 1. The minimum atomic E-state index is -0.301. The van der Waals surface area contributed by atoms with Crippen molar-refractivity contribution in [2.45, 2.75) is 31.7 Å². The molecule has 4 rings (SSSR count). The lowest BCUT2D eigenvalue weighted by atomic mass is 9.86. The van der Waals surface area contributed by atoms with Crippen molar-refractivity contribution in [3.8, 4) is 5.75 Å². The lowest BCUT2D eigenvalue weighted by molar-refractivity contribution is 0.0407. The molecule has 1 aliphatic carbocycles. The second-order valence-corrected chi connectivity index (χ2v) is 8.47. The molecule has 7 heteroatoms. The molecule has 1 aromatic heterocycles. The molecule has 0 bridgehead atoms. The van der Waals surface area contributed by atoms with E-state index < -0.39 is 0 Å². The third-order valence-corrected chi connectivity index (χ3v) is 5.94. The molecule has 7 nitrogen and oxygen atoms in total. The number of benzene rings is 2. The number of fused-ring (bicyclic) bond motifs is 1. The standard InChI is InChI=1S/C25H30N4O3/c1-29(2)23-21-9-4-5-10-22(21)27-25(28-23)26-19-13-11-17(12-14-19)16-32-24(30)18-7-6-8-20(15-18)31-3/h4-10,15,17,19H,11-14,16H2,1-3H3,(H,26,27,28). The number of aromatic nitrogens is 2. The Morgan fingerprint density at radius 1 is 1.06 bits per heavy atom. The van der Waals surface area contributed by atoms with Gasteiger partial charge in [-0.1, -0.05) is 18.2 Å². The van der Waals surface area contributed by atoms with Crippen LogP contribution in [0.4, 0.5) is 11.8 Å². The summed E-state index contributed by atoms with van der Waals surface area (Å²) in [5, 5.41) is 4.57. The first-order valence-electron chi connectivity index (χ1n) is 11.1. The highest BCUT2D eigenvalue weighted by Crippen LogP contribution is 2.29. The number of ether oxygens (including phenoxy) is 2. The minimum absolute atomic E-state index is 0.301. The van der Waals surface area contributed by atoms with Crippen molar-refractivity contribution < 1.29 is 14.3 Å². The van der Waals surface area contributed by atoms with E-state index in [1.54, 1.807) is 25.3 Å². The summed E-state index contributed by atoms with van der Waals surface area (Å²) in [5.74, 6) is 2.30. The Labute approximate surface area is 188 Å². The van der Waals surface area contributed by atoms with Gasteiger partial charge in [-0.05, 0) is 61.9 Å². The van der Waals surface area contributed by atoms with Crippen LogP contribution in [0.25, 0.3) is 10.9 Å². The summed E-state index contributed by atoms with van der Waals surface area (Å²) < 4.78 is 10.7. The quantitative estimate of drug-likeness (QED) is 0.547. The van der Waals surface area contributed by atoms with Gasteiger partial charge >= 0.3 is 5.97 Å². The number of carbonyl (C=O) groups is 1. The molecule has 0 radical (unpaired) electrons. The smallest absolute Gasteiger partial charge is 0.338 e. The van der Waals surface area contributed by atoms with Gasteiger partial charge in [-0.3, -0.25) is 0 Å². The van der Waals surface area contributed by atoms with Gasteiger partial charge in [-0.2, -0.15) is 4.98 Å². The third kappa shape index (κ3) is 5.10. The van der Waals surface area contributed by atoms with Crippen LogP contribution in [0, 0.1) is 5.92 Å². The number of carbonyl (C=O) groups excluding carboxylic acids is 1. The molecule has 1 saturated carbocycles. The molecule has 2 aromatic carbocycles. The van der Waals surface area contributed by atoms with Gasteiger partial charge in [0.15, 0.2) is 0 Å². The van der Waals surface area contributed by atoms with Gasteiger partial charge in [0.05, 0.1) is 24.8 Å². The monoisotopic (exact) mass is 434 g/mol. The van der Waals surface area contributed by atoms with Crippen LogP contribution in [0.1, 0.15) is 36.0 Å². The fourth-order valence-corrected chi connectivity index (χ4v) is 4.15. The van der Waals surface area contributed by atoms with E-state index in [9.17, 15) is 4.79 Å². The first-order valence-corrected chi connectivity index (χ1v) is 11.1. The van der Waals surface area contributed by atoms with Crippen LogP contribution < -0.4 is 15.0 Å². The predicted octanol–water partition coefficient (Wildman–Crippen LogP) is 4.53. The zero-order chi connectivity index (χ0) is 22.5. The molecule has 1 fully saturated rings. The molecule has 0 amide bonds. The number of esters is 1. The van der Waals surface area contributed by atoms with Gasteiger partial charge in [-0.15, -0.1) is 0 Å². The maximum atomic E-state index is 12.3. The van der Waals surface area contributed by atoms with Crippen LogP contribution in [0.3, 0.4) is 0 Å². The molecule has 3 aromatic rings. The second kappa shape index (κ2) is 9.85. The molecule has 0 unspecified atom stereocenters. The summed E-state index contributed by atoms with van der Waals surface area (Å²) in [5.41, 5.74) is 1.46. The zero-order valence-corrected chi connectivity index (χ0v) is 18.9. The minimum Gasteiger partial charge on any atom is -0.497 e. The van der Waals surface area contributed by atoms with Gasteiger partial charge in [-0.25, -0.2) is 9.78 Å². The average Bonchev–Trinajstić information content (AvgIpc) is 2.82. The largest absolute Gasteiger partial charge is 0.497 e. The van der Waals surface area contributed by atoms with Gasteiger partial charge in [0, 0.05) is 25.5 Å². The van der Waals surface area contributed by atoms with Gasteiger partial charge in [0.2, 0.25) is 5.95 Å². The first-order chi connectivity index (χ1) is 15.5. The fourth-order valence-electron chi connectivity index (χ4n) is 4.15. The highest BCUT2D eigenvalue weighted by atomic mass is 16.5. The van der Waals surface area contributed by atoms with Crippen LogP contribution in [0.2, 0.25) is 0 Å². The topological polar surface area (TPSA) is 76.6 Å². The lowest BCUT2D eigenvalue weighted by Crippen LogP contribution is -2.29. The summed E-state index contributed by atoms with van der Waals surface area (Å²) in [6.07, 6.45) is 3.98. The maximum absolute atomic E-state index is 12.3. The Morgan fingerprint density at radius 3 is 2.59 bits per heavy atom. The van der Waals surface area contributed by atoms with Crippen LogP contribution in [0.5, 0.6) is 5.75 Å². The number of para-hydroxylation sites is 1. The SMILES string of the molecule is COc1cccc(C(=O)OCC2CCC(Nc3nc(N(C)C)c4ccccc4n3)CC2)c1. The van der Waals surface area contributed by atoms with Crippen molar-refractivity contribution in [3.63, 3.8) is 0 Å². The van der Waals surface area contributed by atoms with Crippen molar-refractivity contribution in [3.05, 3.63) is 54.1 Å². The second-order valence-electron chi connectivity index (χ2n) is 8.47. The summed E-state index contributed by atoms with van der Waals surface area (Å²) in [6, 6.07) is 15.4. The first kappa shape index (κ1) is 21.9. The van der Waals surface area contributed by atoms with Gasteiger partial charge < -0.3 is 19.7 Å². The highest BCUT2D eigenvalue weighted by molar-refractivity contribution is 5.90. The summed E-state index contributed by atoms with van der Waals surface area (Å²) >= 11 is 0. The van der Waals surface area contributed by atoms with Crippen LogP contribution in [-0.2, 0) is 4.74 Å². The summed E-state index contributed by atoms with van der Waals surface area (Å²) in [7, 11) is 5.58. The fraction of sp³-hybridized carbons (Fsp3) is 0.400. The summed E-state index contributed by atoms with van der Waals surface area (Å²) in [4.78, 5) is 23.8. The maximum Gasteiger partial charge on any atom is 0.338 e. The van der Waals surface area contributed by atoms with Crippen LogP contribution in [0.15, 0.2) is 48.5 Å². The van der Waals surface area contributed by atoms with E-state index in [4.69, 9.17) is 19.4 Å². The van der Waals surface area contributed by atoms with E-state index in [1.807, 2.05) is 49.3 Å². The molecule has 0 atom stereocenters. The lowest BCUT2D eigenvalue weighted by Gasteiger charge is -2.29. The van der Waals surface area contributed by atoms with Gasteiger partial charge in [0.1, 0.15) is 11.6 Å². The normalized spacial score (nSPS) is 18.2. The molecule has 168 valence electrons. The van der Waals surface area contributed by atoms with E-state index in [-0.39, 0.29) is 5.97 Å². The molecule has 1 N–H and O–H groups in total. The van der Waals surface area contributed by atoms with Crippen molar-refractivity contribution in [2.24, 2.45) is 5.92 Å². The molecule has 0 aliphatic heterocycles. The van der Waals surface area contributed by atoms with E-state index in [2.05, 4.69) is 5.32 Å². The molecule has 0 saturated heterocycles. The Bertz CT molecular complexity index is 1080. The van der Waals surface area contributed by atoms with E-state index >= 15 is 0 Å². The summed E-state index contributed by atoms with van der Waals surface area (Å²) in [6.45, 7) is 0.444. The number of rotatable bonds is 7. The molecule has 1 heterocycles. The Morgan fingerprint density at radius 2 is 1.84 bits per heavy atom. The highest BCUT2D eigenvalue weighted by Gasteiger charge is 2.23. The molecule has 1 aliphatic rings. The van der Waals surface area contributed by atoms with Gasteiger partial charge in [0.25, 0.3) is 0 Å². The van der Waals surface area contributed by atoms with E-state index in [0.717, 1.165) is 42.4 Å². The predicted molar refractivity (Wildman–Crippen MR) is 127 cm³/mol. The Kier molecular flexibility index (Phi) is 6.73. The van der Waals surface area contributed by atoms with E-state index in [1.165, 1.54) is 0 Å². The molecule has 0 spiro atoms. The molecule has 32 heavy (non-hydrogen) atoms. The average molecular weight is 435 g/mol. The molecular formula is C25H30N4O3. The molecular weight excluding hydrogens is 404 g/mol. The van der Waals surface area contributed by atoms with Crippen LogP contribution in [-0.4, -0.2) is 49.8 Å². The Balaban J connectivity index is 1.31. The number of methoxy groups -OCH3 is 1. The Hall–Kier alpha value is -3.35. The van der Waals surface area contributed by atoms with Crippen molar-refractivity contribution in [1.29, 1.82) is 0 Å². The zero-order valence-electron chi connectivity index (χ0n) is 18.9. The number of nitrogens with one attached hydrogen (secondary N) is 1. The number of nitrogens with zero attached hydrogens (tertiary/aromatic N) is 3. The van der Waals surface area contributed by atoms with Crippen molar-refractivity contribution >= 4 is 28.6 Å².